The Morgan fingerprint density at radius 2 is 1.19 bits per heavy atom. The van der Waals surface area contributed by atoms with Crippen molar-refractivity contribution in [2.75, 3.05) is 13.2 Å². The van der Waals surface area contributed by atoms with Gasteiger partial charge in [-0.25, -0.2) is 0 Å². The number of hydrogen-bond acceptors (Lipinski definition) is 5. The van der Waals surface area contributed by atoms with E-state index in [0.29, 0.717) is 13.2 Å². The van der Waals surface area contributed by atoms with Gasteiger partial charge in [0.2, 0.25) is 0 Å². The van der Waals surface area contributed by atoms with Crippen molar-refractivity contribution in [3.05, 3.63) is 73.1 Å². The maximum atomic E-state index is 5.81. The molecule has 6 heteroatoms. The summed E-state index contributed by atoms with van der Waals surface area (Å²) in [5.41, 5.74) is 0. The van der Waals surface area contributed by atoms with Gasteiger partial charge in [0.1, 0.15) is 22.4 Å². The van der Waals surface area contributed by atoms with Crippen LogP contribution in [0.1, 0.15) is 27.7 Å². The predicted molar refractivity (Wildman–Crippen MR) is 123 cm³/mol. The third-order valence-corrected chi connectivity index (χ3v) is 6.60. The van der Waals surface area contributed by atoms with Crippen molar-refractivity contribution >= 4 is 10.9 Å². The van der Waals surface area contributed by atoms with Crippen molar-refractivity contribution in [1.29, 1.82) is 0 Å². The van der Waals surface area contributed by atoms with Crippen molar-refractivity contribution in [2.24, 2.45) is 0 Å². The van der Waals surface area contributed by atoms with Crippen molar-refractivity contribution in [2.45, 2.75) is 55.0 Å². The first-order chi connectivity index (χ1) is 15.1. The van der Waals surface area contributed by atoms with Crippen LogP contribution in [0.15, 0.2) is 87.7 Å². The lowest BCUT2D eigenvalue weighted by atomic mass is 10.3. The van der Waals surface area contributed by atoms with Gasteiger partial charge in [0.15, 0.2) is 27.3 Å². The topological polar surface area (TPSA) is 49.8 Å². The molecule has 0 aliphatic rings. The molecule has 0 spiro atoms. The Balaban J connectivity index is 1.84. The standard InChI is InChI=1S/C25H30NO4S/c1-5-27-19(3)29-21-9-13-23(14-10-21)31(25-8-7-17-26-18-25)24-15-11-22(12-16-24)30-20(4)28-6-2/h7-20H,5-6H2,1-4H3/q+1. The first kappa shape index (κ1) is 23.1. The highest BCUT2D eigenvalue weighted by Gasteiger charge is 2.29. The Morgan fingerprint density at radius 1 is 0.710 bits per heavy atom. The van der Waals surface area contributed by atoms with Crippen LogP contribution in [0.4, 0.5) is 0 Å². The third-order valence-electron chi connectivity index (χ3n) is 4.40. The highest BCUT2D eigenvalue weighted by atomic mass is 32.2. The van der Waals surface area contributed by atoms with E-state index in [2.05, 4.69) is 35.3 Å². The lowest BCUT2D eigenvalue weighted by Crippen LogP contribution is -2.16. The third kappa shape index (κ3) is 6.72. The van der Waals surface area contributed by atoms with Crippen LogP contribution in [0.3, 0.4) is 0 Å². The van der Waals surface area contributed by atoms with Gasteiger partial charge in [0.05, 0.1) is 6.20 Å². The average molecular weight is 441 g/mol. The molecule has 3 rings (SSSR count). The molecule has 3 aromatic rings. The summed E-state index contributed by atoms with van der Waals surface area (Å²) in [5.74, 6) is 1.57. The Kier molecular flexibility index (Phi) is 8.76. The molecule has 0 saturated heterocycles. The molecule has 0 saturated carbocycles. The molecule has 0 amide bonds. The first-order valence-corrected chi connectivity index (χ1v) is 11.7. The van der Waals surface area contributed by atoms with Gasteiger partial charge in [-0.2, -0.15) is 0 Å². The monoisotopic (exact) mass is 440 g/mol. The largest absolute Gasteiger partial charge is 0.465 e. The van der Waals surface area contributed by atoms with E-state index in [4.69, 9.17) is 18.9 Å². The molecule has 2 aromatic carbocycles. The fourth-order valence-corrected chi connectivity index (χ4v) is 5.12. The van der Waals surface area contributed by atoms with Crippen molar-refractivity contribution < 1.29 is 18.9 Å². The number of nitrogens with zero attached hydrogens (tertiary/aromatic N) is 1. The van der Waals surface area contributed by atoms with E-state index in [1.165, 1.54) is 9.79 Å². The fourth-order valence-electron chi connectivity index (χ4n) is 3.11. The van der Waals surface area contributed by atoms with Crippen LogP contribution >= 0.6 is 0 Å². The molecule has 1 heterocycles. The maximum absolute atomic E-state index is 5.81. The Labute approximate surface area is 187 Å². The highest BCUT2D eigenvalue weighted by Crippen LogP contribution is 2.33. The van der Waals surface area contributed by atoms with Crippen molar-refractivity contribution in [3.8, 4) is 11.5 Å². The fraction of sp³-hybridized carbons (Fsp3) is 0.320. The van der Waals surface area contributed by atoms with Crippen LogP contribution in [-0.4, -0.2) is 30.8 Å². The number of ether oxygens (including phenoxy) is 4. The van der Waals surface area contributed by atoms with Gasteiger partial charge in [-0.05, 0) is 88.4 Å². The zero-order valence-electron chi connectivity index (χ0n) is 18.5. The summed E-state index contributed by atoms with van der Waals surface area (Å²) in [6.07, 6.45) is 3.16. The van der Waals surface area contributed by atoms with Crippen LogP contribution in [0.25, 0.3) is 0 Å². The molecular weight excluding hydrogens is 410 g/mol. The molecule has 0 radical (unpaired) electrons. The van der Waals surface area contributed by atoms with Crippen LogP contribution in [-0.2, 0) is 20.4 Å². The Morgan fingerprint density at radius 3 is 1.58 bits per heavy atom. The molecular formula is C25H30NO4S+. The molecule has 0 aliphatic heterocycles. The van der Waals surface area contributed by atoms with Gasteiger partial charge in [-0.15, -0.1) is 0 Å². The van der Waals surface area contributed by atoms with Crippen LogP contribution < -0.4 is 9.47 Å². The van der Waals surface area contributed by atoms with Gasteiger partial charge in [-0.3, -0.25) is 4.98 Å². The lowest BCUT2D eigenvalue weighted by Gasteiger charge is -2.15. The second kappa shape index (κ2) is 11.7. The smallest absolute Gasteiger partial charge is 0.196 e. The summed E-state index contributed by atoms with van der Waals surface area (Å²) >= 11 is 0. The zero-order chi connectivity index (χ0) is 22.1. The summed E-state index contributed by atoms with van der Waals surface area (Å²) in [7, 11) is -0.299. The van der Waals surface area contributed by atoms with E-state index in [0.717, 1.165) is 16.4 Å². The number of aromatic nitrogens is 1. The summed E-state index contributed by atoms with van der Waals surface area (Å²) in [4.78, 5) is 7.85. The SMILES string of the molecule is CCOC(C)Oc1ccc([S+](c2ccc(OC(C)OCC)cc2)c2cccnc2)cc1. The quantitative estimate of drug-likeness (QED) is 0.283. The molecule has 2 unspecified atom stereocenters. The minimum atomic E-state index is -0.299. The normalized spacial score (nSPS) is 13.9. The van der Waals surface area contributed by atoms with E-state index in [9.17, 15) is 0 Å². The minimum absolute atomic E-state index is 0.279. The van der Waals surface area contributed by atoms with Gasteiger partial charge in [0.25, 0.3) is 0 Å². The molecule has 0 fully saturated rings. The molecule has 0 bridgehead atoms. The second-order valence-corrected chi connectivity index (χ2v) is 8.75. The predicted octanol–water partition coefficient (Wildman–Crippen LogP) is 5.70. The van der Waals surface area contributed by atoms with Gasteiger partial charge < -0.3 is 18.9 Å². The van der Waals surface area contributed by atoms with Crippen molar-refractivity contribution in [3.63, 3.8) is 0 Å². The van der Waals surface area contributed by atoms with E-state index >= 15 is 0 Å². The number of pyridine rings is 1. The molecule has 0 N–H and O–H groups in total. The van der Waals surface area contributed by atoms with E-state index < -0.39 is 0 Å². The number of hydrogen-bond donors (Lipinski definition) is 0. The second-order valence-electron chi connectivity index (χ2n) is 6.72. The molecule has 2 atom stereocenters. The maximum Gasteiger partial charge on any atom is 0.196 e. The van der Waals surface area contributed by atoms with Gasteiger partial charge in [0, 0.05) is 19.4 Å². The van der Waals surface area contributed by atoms with Gasteiger partial charge in [-0.1, -0.05) is 0 Å². The molecule has 1 aromatic heterocycles. The molecule has 5 nitrogen and oxygen atoms in total. The average Bonchev–Trinajstić information content (AvgIpc) is 2.77. The van der Waals surface area contributed by atoms with Gasteiger partial charge >= 0.3 is 0 Å². The molecule has 164 valence electrons. The van der Waals surface area contributed by atoms with E-state index in [-0.39, 0.29) is 23.5 Å². The molecule has 31 heavy (non-hydrogen) atoms. The number of rotatable bonds is 11. The Hall–Kier alpha value is -2.54. The molecule has 0 aliphatic carbocycles. The van der Waals surface area contributed by atoms with Crippen LogP contribution in [0, 0.1) is 0 Å². The van der Waals surface area contributed by atoms with Crippen molar-refractivity contribution in [1.82, 2.24) is 4.98 Å². The van der Waals surface area contributed by atoms with E-state index in [1.807, 2.05) is 64.2 Å². The summed E-state index contributed by atoms with van der Waals surface area (Å²) in [6, 6.07) is 20.4. The summed E-state index contributed by atoms with van der Waals surface area (Å²) < 4.78 is 22.6. The summed E-state index contributed by atoms with van der Waals surface area (Å²) in [5, 5.41) is 0. The van der Waals surface area contributed by atoms with E-state index in [1.54, 1.807) is 6.20 Å². The minimum Gasteiger partial charge on any atom is -0.465 e. The Bertz CT molecular complexity index is 846. The van der Waals surface area contributed by atoms with Crippen LogP contribution in [0.5, 0.6) is 11.5 Å². The first-order valence-electron chi connectivity index (χ1n) is 10.5. The summed E-state index contributed by atoms with van der Waals surface area (Å²) in [6.45, 7) is 8.94. The highest BCUT2D eigenvalue weighted by molar-refractivity contribution is 7.97. The lowest BCUT2D eigenvalue weighted by molar-refractivity contribution is -0.0616. The number of benzene rings is 2. The van der Waals surface area contributed by atoms with Crippen LogP contribution in [0.2, 0.25) is 0 Å². The zero-order valence-corrected chi connectivity index (χ0v) is 19.3.